The summed E-state index contributed by atoms with van der Waals surface area (Å²) >= 11 is 1.42. The van der Waals surface area contributed by atoms with Crippen LogP contribution in [0.3, 0.4) is 0 Å². The van der Waals surface area contributed by atoms with Gasteiger partial charge >= 0.3 is 0 Å². The molecule has 96 valence electrons. The predicted octanol–water partition coefficient (Wildman–Crippen LogP) is 2.23. The van der Waals surface area contributed by atoms with Crippen molar-refractivity contribution >= 4 is 27.2 Å². The second-order valence-corrected chi connectivity index (χ2v) is 5.07. The van der Waals surface area contributed by atoms with Gasteiger partial charge in [-0.2, -0.15) is 0 Å². The molecule has 0 unspecified atom stereocenters. The molecule has 0 aliphatic rings. The van der Waals surface area contributed by atoms with Gasteiger partial charge in [0.15, 0.2) is 0 Å². The average molecular weight is 275 g/mol. The number of nitrogens with zero attached hydrogens (tertiary/aromatic N) is 2. The molecular weight excluding hydrogens is 265 g/mol. The zero-order chi connectivity index (χ0) is 13.4. The van der Waals surface area contributed by atoms with Gasteiger partial charge in [-0.05, 0) is 29.1 Å². The van der Waals surface area contributed by atoms with Crippen LogP contribution in [0.25, 0.3) is 10.2 Å². The highest BCUT2D eigenvalue weighted by atomic mass is 32.1. The van der Waals surface area contributed by atoms with Crippen LogP contribution < -0.4 is 11.3 Å². The Labute approximate surface area is 111 Å². The highest BCUT2D eigenvalue weighted by molar-refractivity contribution is 7.16. The van der Waals surface area contributed by atoms with Crippen LogP contribution in [-0.2, 0) is 6.54 Å². The van der Waals surface area contributed by atoms with Gasteiger partial charge in [0, 0.05) is 0 Å². The predicted molar refractivity (Wildman–Crippen MR) is 73.8 cm³/mol. The van der Waals surface area contributed by atoms with Crippen LogP contribution in [-0.4, -0.2) is 9.55 Å². The Morgan fingerprint density at radius 1 is 1.37 bits per heavy atom. The summed E-state index contributed by atoms with van der Waals surface area (Å²) in [7, 11) is 0. The van der Waals surface area contributed by atoms with Gasteiger partial charge in [-0.3, -0.25) is 9.36 Å². The SMILES string of the molecule is Nc1ccc(Cn2cnc3sccc3c2=O)cc1F. The van der Waals surface area contributed by atoms with E-state index in [1.54, 1.807) is 12.1 Å². The molecule has 0 bridgehead atoms. The molecule has 2 N–H and O–H groups in total. The van der Waals surface area contributed by atoms with Crippen LogP contribution in [0.15, 0.2) is 40.8 Å². The summed E-state index contributed by atoms with van der Waals surface area (Å²) in [5.41, 5.74) is 6.07. The Balaban J connectivity index is 2.03. The zero-order valence-electron chi connectivity index (χ0n) is 9.84. The third-order valence-corrected chi connectivity index (χ3v) is 3.69. The van der Waals surface area contributed by atoms with Gasteiger partial charge in [0.2, 0.25) is 0 Å². The Hall–Kier alpha value is -2.21. The minimum atomic E-state index is -0.477. The maximum Gasteiger partial charge on any atom is 0.262 e. The Kier molecular flexibility index (Phi) is 2.79. The number of halogens is 1. The average Bonchev–Trinajstić information content (AvgIpc) is 2.86. The van der Waals surface area contributed by atoms with Crippen molar-refractivity contribution in [2.24, 2.45) is 0 Å². The van der Waals surface area contributed by atoms with Crippen LogP contribution in [0.2, 0.25) is 0 Å². The van der Waals surface area contributed by atoms with Gasteiger partial charge in [0.05, 0.1) is 23.9 Å². The van der Waals surface area contributed by atoms with Crippen LogP contribution >= 0.6 is 11.3 Å². The Morgan fingerprint density at radius 2 is 2.21 bits per heavy atom. The summed E-state index contributed by atoms with van der Waals surface area (Å²) in [5.74, 6) is -0.477. The van der Waals surface area contributed by atoms with Gasteiger partial charge in [-0.15, -0.1) is 11.3 Å². The molecule has 0 atom stereocenters. The van der Waals surface area contributed by atoms with Crippen molar-refractivity contribution in [3.63, 3.8) is 0 Å². The molecule has 0 aliphatic heterocycles. The fraction of sp³-hybridized carbons (Fsp3) is 0.0769. The molecule has 4 nitrogen and oxygen atoms in total. The maximum absolute atomic E-state index is 13.4. The molecule has 1 aromatic carbocycles. The fourth-order valence-corrected chi connectivity index (χ4v) is 2.59. The van der Waals surface area contributed by atoms with Gasteiger partial charge in [0.1, 0.15) is 10.6 Å². The third kappa shape index (κ3) is 2.10. The highest BCUT2D eigenvalue weighted by Crippen LogP contribution is 2.15. The summed E-state index contributed by atoms with van der Waals surface area (Å²) in [6, 6.07) is 6.27. The Morgan fingerprint density at radius 3 is 3.00 bits per heavy atom. The van der Waals surface area contributed by atoms with Crippen molar-refractivity contribution in [3.05, 3.63) is 57.7 Å². The van der Waals surface area contributed by atoms with Crippen molar-refractivity contribution in [2.75, 3.05) is 5.73 Å². The normalized spacial score (nSPS) is 11.0. The first kappa shape index (κ1) is 11.9. The number of nitrogens with two attached hydrogens (primary N) is 1. The molecule has 0 radical (unpaired) electrons. The number of hydrogen-bond donors (Lipinski definition) is 1. The number of thiophene rings is 1. The van der Waals surface area contributed by atoms with Gasteiger partial charge in [-0.25, -0.2) is 9.37 Å². The molecular formula is C13H10FN3OS. The van der Waals surface area contributed by atoms with E-state index in [0.717, 1.165) is 0 Å². The molecule has 0 fully saturated rings. The third-order valence-electron chi connectivity index (χ3n) is 2.87. The standard InChI is InChI=1S/C13H10FN3OS/c14-10-5-8(1-2-11(10)15)6-17-7-16-12-9(13(17)18)3-4-19-12/h1-5,7H,6,15H2. The lowest BCUT2D eigenvalue weighted by atomic mass is 10.2. The summed E-state index contributed by atoms with van der Waals surface area (Å²) in [5, 5.41) is 2.41. The number of aromatic nitrogens is 2. The van der Waals surface area contributed by atoms with E-state index in [0.29, 0.717) is 15.8 Å². The van der Waals surface area contributed by atoms with Crippen LogP contribution in [0, 0.1) is 5.82 Å². The number of nitrogen functional groups attached to an aromatic ring is 1. The van der Waals surface area contributed by atoms with E-state index in [1.807, 2.05) is 5.38 Å². The molecule has 2 aromatic heterocycles. The van der Waals surface area contributed by atoms with Gasteiger partial charge in [0.25, 0.3) is 5.56 Å². The van der Waals surface area contributed by atoms with E-state index in [2.05, 4.69) is 4.98 Å². The molecule has 3 aromatic rings. The topological polar surface area (TPSA) is 60.9 Å². The van der Waals surface area contributed by atoms with E-state index in [-0.39, 0.29) is 17.8 Å². The number of fused-ring (bicyclic) bond motifs is 1. The first-order chi connectivity index (χ1) is 9.15. The number of benzene rings is 1. The highest BCUT2D eigenvalue weighted by Gasteiger charge is 2.06. The molecule has 0 spiro atoms. The number of hydrogen-bond acceptors (Lipinski definition) is 4. The summed E-state index contributed by atoms with van der Waals surface area (Å²) in [6.45, 7) is 0.273. The molecule has 0 saturated heterocycles. The maximum atomic E-state index is 13.4. The van der Waals surface area contributed by atoms with E-state index in [4.69, 9.17) is 5.73 Å². The molecule has 3 rings (SSSR count). The van der Waals surface area contributed by atoms with E-state index < -0.39 is 5.82 Å². The molecule has 19 heavy (non-hydrogen) atoms. The zero-order valence-corrected chi connectivity index (χ0v) is 10.7. The lowest BCUT2D eigenvalue weighted by molar-refractivity contribution is 0.627. The quantitative estimate of drug-likeness (QED) is 0.729. The van der Waals surface area contributed by atoms with Crippen LogP contribution in [0.5, 0.6) is 0 Å². The molecule has 2 heterocycles. The lowest BCUT2D eigenvalue weighted by Crippen LogP contribution is -2.20. The van der Waals surface area contributed by atoms with E-state index in [9.17, 15) is 9.18 Å². The monoisotopic (exact) mass is 275 g/mol. The molecule has 0 aliphatic carbocycles. The minimum absolute atomic E-state index is 0.0995. The van der Waals surface area contributed by atoms with E-state index in [1.165, 1.54) is 34.4 Å². The minimum Gasteiger partial charge on any atom is -0.396 e. The Bertz CT molecular complexity index is 809. The first-order valence-corrected chi connectivity index (χ1v) is 6.49. The van der Waals surface area contributed by atoms with Crippen molar-refractivity contribution in [2.45, 2.75) is 6.54 Å². The van der Waals surface area contributed by atoms with Crippen molar-refractivity contribution in [1.82, 2.24) is 9.55 Å². The number of anilines is 1. The first-order valence-electron chi connectivity index (χ1n) is 5.62. The second-order valence-electron chi connectivity index (χ2n) is 4.17. The largest absolute Gasteiger partial charge is 0.396 e. The molecule has 0 amide bonds. The van der Waals surface area contributed by atoms with Crippen molar-refractivity contribution in [1.29, 1.82) is 0 Å². The van der Waals surface area contributed by atoms with Crippen LogP contribution in [0.1, 0.15) is 5.56 Å². The number of rotatable bonds is 2. The van der Waals surface area contributed by atoms with Gasteiger partial charge in [-0.1, -0.05) is 6.07 Å². The van der Waals surface area contributed by atoms with Gasteiger partial charge < -0.3 is 5.73 Å². The summed E-state index contributed by atoms with van der Waals surface area (Å²) in [6.07, 6.45) is 1.48. The van der Waals surface area contributed by atoms with Crippen molar-refractivity contribution < 1.29 is 4.39 Å². The van der Waals surface area contributed by atoms with Crippen molar-refractivity contribution in [3.8, 4) is 0 Å². The smallest absolute Gasteiger partial charge is 0.262 e. The van der Waals surface area contributed by atoms with Crippen LogP contribution in [0.4, 0.5) is 10.1 Å². The second kappa shape index (κ2) is 4.47. The lowest BCUT2D eigenvalue weighted by Gasteiger charge is -2.06. The summed E-state index contributed by atoms with van der Waals surface area (Å²) in [4.78, 5) is 17.1. The van der Waals surface area contributed by atoms with E-state index >= 15 is 0 Å². The molecule has 6 heteroatoms. The molecule has 0 saturated carbocycles. The summed E-state index contributed by atoms with van der Waals surface area (Å²) < 4.78 is 14.8. The fourth-order valence-electron chi connectivity index (χ4n) is 1.87.